The van der Waals surface area contributed by atoms with Gasteiger partial charge in [-0.05, 0) is 13.8 Å². The molecule has 0 aromatic rings. The van der Waals surface area contributed by atoms with Crippen molar-refractivity contribution in [2.75, 3.05) is 13.7 Å². The average molecular weight is 318 g/mol. The number of hydrogen-bond donors (Lipinski definition) is 0. The smallest absolute Gasteiger partial charge is 0.271 e. The first-order chi connectivity index (χ1) is 8.15. The molecule has 1 rings (SSSR count). The summed E-state index contributed by atoms with van der Waals surface area (Å²) in [6.45, 7) is 10.1. The summed E-state index contributed by atoms with van der Waals surface area (Å²) in [4.78, 5) is 17.4. The molecule has 1 aliphatic heterocycles. The molecule has 5 nitrogen and oxygen atoms in total. The fraction of sp³-hybridized carbons (Fsp3) is 0.750. The van der Waals surface area contributed by atoms with Crippen LogP contribution in [-0.4, -0.2) is 40.3 Å². The van der Waals surface area contributed by atoms with Crippen LogP contribution in [0, 0.1) is 5.41 Å². The van der Waals surface area contributed by atoms with E-state index in [1.165, 1.54) is 5.01 Å². The number of amides is 1. The van der Waals surface area contributed by atoms with Crippen molar-refractivity contribution in [2.45, 2.75) is 38.9 Å². The predicted molar refractivity (Wildman–Crippen MR) is 76.1 cm³/mol. The van der Waals surface area contributed by atoms with E-state index in [2.05, 4.69) is 26.2 Å². The molecule has 0 spiro atoms. The maximum Gasteiger partial charge on any atom is 0.271 e. The molecule has 0 N–H and O–H groups in total. The third kappa shape index (κ3) is 2.43. The van der Waals surface area contributed by atoms with Gasteiger partial charge < -0.3 is 4.84 Å². The number of rotatable bonds is 3. The van der Waals surface area contributed by atoms with E-state index in [9.17, 15) is 4.79 Å². The molecular weight excluding hydrogens is 298 g/mol. The standard InChI is InChI=1S/C12H20BrN3O2/c1-7-18-15-8(2)12(13)9(11(3,4)5)14-16(6)10(12)17/h7H2,1-6H3/b15-8-. The molecule has 0 aliphatic carbocycles. The second-order valence-corrected chi connectivity index (χ2v) is 6.47. The lowest BCUT2D eigenvalue weighted by molar-refractivity contribution is -0.127. The van der Waals surface area contributed by atoms with Crippen molar-refractivity contribution in [2.24, 2.45) is 15.7 Å². The molecule has 0 saturated heterocycles. The van der Waals surface area contributed by atoms with Crippen LogP contribution in [-0.2, 0) is 9.63 Å². The maximum atomic E-state index is 12.3. The summed E-state index contributed by atoms with van der Waals surface area (Å²) >= 11 is 3.52. The molecule has 0 saturated carbocycles. The molecule has 1 heterocycles. The number of hydrogen-bond acceptors (Lipinski definition) is 4. The fourth-order valence-electron chi connectivity index (χ4n) is 1.81. The van der Waals surface area contributed by atoms with Gasteiger partial charge in [0.2, 0.25) is 0 Å². The van der Waals surface area contributed by atoms with E-state index in [0.717, 1.165) is 5.71 Å². The number of carbonyl (C=O) groups excluding carboxylic acids is 1. The van der Waals surface area contributed by atoms with Gasteiger partial charge in [0.15, 0.2) is 4.32 Å². The van der Waals surface area contributed by atoms with Crippen molar-refractivity contribution in [3.8, 4) is 0 Å². The third-order valence-electron chi connectivity index (χ3n) is 2.70. The van der Waals surface area contributed by atoms with Crippen molar-refractivity contribution in [3.63, 3.8) is 0 Å². The zero-order chi connectivity index (χ0) is 14.1. The van der Waals surface area contributed by atoms with Gasteiger partial charge in [-0.1, -0.05) is 41.9 Å². The maximum absolute atomic E-state index is 12.3. The van der Waals surface area contributed by atoms with Gasteiger partial charge in [0.05, 0.1) is 11.4 Å². The summed E-state index contributed by atoms with van der Waals surface area (Å²) in [5, 5.41) is 9.67. The van der Waals surface area contributed by atoms with Crippen molar-refractivity contribution < 1.29 is 9.63 Å². The lowest BCUT2D eigenvalue weighted by Gasteiger charge is -2.28. The summed E-state index contributed by atoms with van der Waals surface area (Å²) in [5.41, 5.74) is 1.06. The van der Waals surface area contributed by atoms with E-state index in [-0.39, 0.29) is 11.3 Å². The molecule has 6 heteroatoms. The normalized spacial score (nSPS) is 25.5. The van der Waals surface area contributed by atoms with Crippen molar-refractivity contribution in [1.29, 1.82) is 0 Å². The van der Waals surface area contributed by atoms with Gasteiger partial charge >= 0.3 is 0 Å². The first-order valence-corrected chi connectivity index (χ1v) is 6.68. The van der Waals surface area contributed by atoms with Crippen molar-refractivity contribution in [1.82, 2.24) is 5.01 Å². The van der Waals surface area contributed by atoms with Gasteiger partial charge in [0.25, 0.3) is 5.91 Å². The van der Waals surface area contributed by atoms with Crippen LogP contribution in [0.4, 0.5) is 0 Å². The highest BCUT2D eigenvalue weighted by Crippen LogP contribution is 2.38. The SMILES string of the molecule is CCO/N=C(/C)C1(Br)C(=O)N(C)N=C1C(C)(C)C. The molecule has 1 atom stereocenters. The van der Waals surface area contributed by atoms with Crippen LogP contribution >= 0.6 is 15.9 Å². The third-order valence-corrected chi connectivity index (χ3v) is 3.99. The Morgan fingerprint density at radius 2 is 2.11 bits per heavy atom. The average Bonchev–Trinajstić information content (AvgIpc) is 2.51. The number of hydrazone groups is 1. The van der Waals surface area contributed by atoms with Gasteiger partial charge in [0.1, 0.15) is 6.61 Å². The van der Waals surface area contributed by atoms with E-state index in [1.807, 2.05) is 27.7 Å². The summed E-state index contributed by atoms with van der Waals surface area (Å²) in [5.74, 6) is -0.145. The number of oxime groups is 1. The number of carbonyl (C=O) groups is 1. The van der Waals surface area contributed by atoms with E-state index in [0.29, 0.717) is 12.3 Å². The van der Waals surface area contributed by atoms with Crippen LogP contribution < -0.4 is 0 Å². The van der Waals surface area contributed by atoms with Crippen LogP contribution in [0.15, 0.2) is 10.3 Å². The second-order valence-electron chi connectivity index (χ2n) is 5.28. The molecule has 102 valence electrons. The van der Waals surface area contributed by atoms with Gasteiger partial charge in [-0.2, -0.15) is 5.10 Å². The minimum absolute atomic E-state index is 0.145. The molecule has 1 amide bonds. The van der Waals surface area contributed by atoms with Gasteiger partial charge in [-0.3, -0.25) is 4.79 Å². The minimum Gasteiger partial charge on any atom is -0.396 e. The van der Waals surface area contributed by atoms with Crippen molar-refractivity contribution >= 4 is 33.3 Å². The van der Waals surface area contributed by atoms with Crippen molar-refractivity contribution in [3.05, 3.63) is 0 Å². The highest BCUT2D eigenvalue weighted by Gasteiger charge is 2.54. The van der Waals surface area contributed by atoms with Crippen LogP contribution in [0.3, 0.4) is 0 Å². The summed E-state index contributed by atoms with van der Waals surface area (Å²) < 4.78 is -0.991. The Balaban J connectivity index is 3.26. The number of halogens is 1. The highest BCUT2D eigenvalue weighted by molar-refractivity contribution is 9.11. The largest absolute Gasteiger partial charge is 0.396 e. The van der Waals surface area contributed by atoms with Crippen LogP contribution in [0.2, 0.25) is 0 Å². The van der Waals surface area contributed by atoms with Crippen LogP contribution in [0.1, 0.15) is 34.6 Å². The summed E-state index contributed by atoms with van der Waals surface area (Å²) in [6, 6.07) is 0. The Labute approximate surface area is 116 Å². The summed E-state index contributed by atoms with van der Waals surface area (Å²) in [6.07, 6.45) is 0. The Bertz CT molecular complexity index is 412. The molecule has 0 radical (unpaired) electrons. The fourth-order valence-corrected chi connectivity index (χ4v) is 2.81. The Morgan fingerprint density at radius 3 is 2.56 bits per heavy atom. The van der Waals surface area contributed by atoms with Crippen LogP contribution in [0.25, 0.3) is 0 Å². The summed E-state index contributed by atoms with van der Waals surface area (Å²) in [7, 11) is 1.64. The minimum atomic E-state index is -0.991. The molecule has 18 heavy (non-hydrogen) atoms. The molecule has 0 aromatic carbocycles. The monoisotopic (exact) mass is 317 g/mol. The Kier molecular flexibility index (Phi) is 4.20. The lowest BCUT2D eigenvalue weighted by atomic mass is 9.80. The highest BCUT2D eigenvalue weighted by atomic mass is 79.9. The van der Waals surface area contributed by atoms with Gasteiger partial charge in [-0.15, -0.1) is 0 Å². The van der Waals surface area contributed by atoms with Gasteiger partial charge in [-0.25, -0.2) is 5.01 Å². The Morgan fingerprint density at radius 1 is 1.56 bits per heavy atom. The van der Waals surface area contributed by atoms with E-state index < -0.39 is 4.32 Å². The lowest BCUT2D eigenvalue weighted by Crippen LogP contribution is -2.50. The van der Waals surface area contributed by atoms with E-state index in [1.54, 1.807) is 14.0 Å². The van der Waals surface area contributed by atoms with E-state index >= 15 is 0 Å². The number of alkyl halides is 1. The zero-order valence-corrected chi connectivity index (χ0v) is 13.3. The first kappa shape index (κ1) is 15.1. The molecular formula is C12H20BrN3O2. The van der Waals surface area contributed by atoms with Crippen LogP contribution in [0.5, 0.6) is 0 Å². The zero-order valence-electron chi connectivity index (χ0n) is 11.7. The number of nitrogens with zero attached hydrogens (tertiary/aromatic N) is 3. The molecule has 0 fully saturated rings. The molecule has 1 unspecified atom stereocenters. The molecule has 1 aliphatic rings. The van der Waals surface area contributed by atoms with E-state index in [4.69, 9.17) is 4.84 Å². The van der Waals surface area contributed by atoms with Gasteiger partial charge in [0, 0.05) is 12.5 Å². The first-order valence-electron chi connectivity index (χ1n) is 5.89. The quantitative estimate of drug-likeness (QED) is 0.456. The topological polar surface area (TPSA) is 54.3 Å². The second kappa shape index (κ2) is 4.99. The Hall–Kier alpha value is -0.910. The predicted octanol–water partition coefficient (Wildman–Crippen LogP) is 2.41. The molecule has 0 aromatic heterocycles. The molecule has 0 bridgehead atoms.